The summed E-state index contributed by atoms with van der Waals surface area (Å²) in [4.78, 5) is 11.9. The Morgan fingerprint density at radius 1 is 1.12 bits per heavy atom. The van der Waals surface area contributed by atoms with Crippen LogP contribution in [0.3, 0.4) is 0 Å². The van der Waals surface area contributed by atoms with E-state index in [1.165, 1.54) is 12.1 Å². The molecule has 2 aromatic carbocycles. The Kier molecular flexibility index (Phi) is 6.57. The molecule has 0 fully saturated rings. The molecule has 0 aromatic heterocycles. The van der Waals surface area contributed by atoms with Gasteiger partial charge in [0.1, 0.15) is 30.5 Å². The number of aliphatic hydroxyl groups is 1. The second-order valence-electron chi connectivity index (χ2n) is 5.24. The van der Waals surface area contributed by atoms with Crippen molar-refractivity contribution < 1.29 is 23.8 Å². The van der Waals surface area contributed by atoms with E-state index in [9.17, 15) is 14.3 Å². The third-order valence-corrected chi connectivity index (χ3v) is 3.09. The van der Waals surface area contributed by atoms with Gasteiger partial charge in [0, 0.05) is 12.1 Å². The van der Waals surface area contributed by atoms with Crippen molar-refractivity contribution in [3.63, 3.8) is 0 Å². The van der Waals surface area contributed by atoms with Crippen molar-refractivity contribution in [3.8, 4) is 11.5 Å². The zero-order valence-electron chi connectivity index (χ0n) is 13.4. The number of halogens is 1. The van der Waals surface area contributed by atoms with E-state index >= 15 is 0 Å². The van der Waals surface area contributed by atoms with Crippen LogP contribution in [0.15, 0.2) is 48.5 Å². The van der Waals surface area contributed by atoms with Crippen molar-refractivity contribution in [2.45, 2.75) is 13.0 Å². The molecule has 0 bridgehead atoms. The van der Waals surface area contributed by atoms with E-state index in [-0.39, 0.29) is 24.9 Å². The lowest BCUT2D eigenvalue weighted by atomic mass is 10.2. The first-order chi connectivity index (χ1) is 11.5. The van der Waals surface area contributed by atoms with Gasteiger partial charge >= 0.3 is 0 Å². The predicted molar refractivity (Wildman–Crippen MR) is 87.8 cm³/mol. The van der Waals surface area contributed by atoms with E-state index in [0.717, 1.165) is 0 Å². The summed E-state index contributed by atoms with van der Waals surface area (Å²) in [5.74, 6) is 0.516. The van der Waals surface area contributed by atoms with Crippen LogP contribution in [0.25, 0.3) is 0 Å². The van der Waals surface area contributed by atoms with Crippen LogP contribution in [-0.2, 0) is 0 Å². The molecule has 1 atom stereocenters. The molecule has 1 amide bonds. The van der Waals surface area contributed by atoms with Crippen LogP contribution in [-0.4, -0.2) is 36.9 Å². The minimum Gasteiger partial charge on any atom is -0.490 e. The van der Waals surface area contributed by atoms with E-state index in [4.69, 9.17) is 9.47 Å². The van der Waals surface area contributed by atoms with Crippen molar-refractivity contribution in [2.24, 2.45) is 0 Å². The summed E-state index contributed by atoms with van der Waals surface area (Å²) in [7, 11) is 0. The molecular weight excluding hydrogens is 313 g/mol. The van der Waals surface area contributed by atoms with E-state index < -0.39 is 6.10 Å². The molecule has 0 saturated heterocycles. The summed E-state index contributed by atoms with van der Waals surface area (Å²) >= 11 is 0. The van der Waals surface area contributed by atoms with Gasteiger partial charge in [-0.3, -0.25) is 4.79 Å². The molecule has 0 aliphatic carbocycles. The minimum absolute atomic E-state index is 0.190. The first-order valence-electron chi connectivity index (χ1n) is 7.62. The smallest absolute Gasteiger partial charge is 0.251 e. The Morgan fingerprint density at radius 3 is 2.46 bits per heavy atom. The molecule has 0 aliphatic heterocycles. The number of hydrogen-bond acceptors (Lipinski definition) is 4. The minimum atomic E-state index is -0.600. The van der Waals surface area contributed by atoms with Gasteiger partial charge in [0.25, 0.3) is 5.91 Å². The molecule has 2 N–H and O–H groups in total. The van der Waals surface area contributed by atoms with Gasteiger partial charge in [0.15, 0.2) is 0 Å². The normalized spacial score (nSPS) is 11.6. The third kappa shape index (κ3) is 5.89. The maximum absolute atomic E-state index is 12.8. The Labute approximate surface area is 140 Å². The maximum Gasteiger partial charge on any atom is 0.251 e. The largest absolute Gasteiger partial charge is 0.490 e. The fraction of sp³-hybridized carbons (Fsp3) is 0.278. The number of nitrogens with one attached hydrogen (secondary N) is 1. The lowest BCUT2D eigenvalue weighted by Gasteiger charge is -2.10. The quantitative estimate of drug-likeness (QED) is 0.728. The van der Waals surface area contributed by atoms with Crippen LogP contribution < -0.4 is 14.8 Å². The van der Waals surface area contributed by atoms with Gasteiger partial charge in [-0.15, -0.1) is 0 Å². The van der Waals surface area contributed by atoms with Crippen LogP contribution in [0.5, 0.6) is 11.5 Å². The van der Waals surface area contributed by atoms with Crippen molar-refractivity contribution >= 4 is 5.91 Å². The molecule has 0 radical (unpaired) electrons. The number of carbonyl (C=O) groups is 1. The standard InChI is InChI=1S/C18H20FNO4/c1-13(21)12-20-18(22)14-3-2-4-17(11-14)24-10-9-23-16-7-5-15(19)6-8-16/h2-8,11,13,21H,9-10,12H2,1H3,(H,20,22). The zero-order valence-corrected chi connectivity index (χ0v) is 13.4. The molecule has 0 heterocycles. The lowest BCUT2D eigenvalue weighted by Crippen LogP contribution is -2.30. The van der Waals surface area contributed by atoms with Crippen molar-refractivity contribution in [2.75, 3.05) is 19.8 Å². The molecule has 0 spiro atoms. The zero-order chi connectivity index (χ0) is 17.4. The van der Waals surface area contributed by atoms with Crippen LogP contribution in [0.1, 0.15) is 17.3 Å². The summed E-state index contributed by atoms with van der Waals surface area (Å²) in [6, 6.07) is 12.5. The summed E-state index contributed by atoms with van der Waals surface area (Å²) in [6.07, 6.45) is -0.600. The van der Waals surface area contributed by atoms with Gasteiger partial charge in [-0.2, -0.15) is 0 Å². The molecule has 24 heavy (non-hydrogen) atoms. The molecule has 0 aliphatic rings. The van der Waals surface area contributed by atoms with E-state index in [0.29, 0.717) is 23.7 Å². The first-order valence-corrected chi connectivity index (χ1v) is 7.62. The molecule has 5 nitrogen and oxygen atoms in total. The Bertz CT molecular complexity index is 658. The third-order valence-electron chi connectivity index (χ3n) is 3.09. The monoisotopic (exact) mass is 333 g/mol. The summed E-state index contributed by atoms with van der Waals surface area (Å²) in [6.45, 7) is 2.37. The van der Waals surface area contributed by atoms with Crippen LogP contribution in [0.4, 0.5) is 4.39 Å². The van der Waals surface area contributed by atoms with Gasteiger partial charge < -0.3 is 19.9 Å². The van der Waals surface area contributed by atoms with E-state index in [1.807, 2.05) is 0 Å². The van der Waals surface area contributed by atoms with Crippen molar-refractivity contribution in [1.29, 1.82) is 0 Å². The van der Waals surface area contributed by atoms with Crippen molar-refractivity contribution in [1.82, 2.24) is 5.32 Å². The SMILES string of the molecule is CC(O)CNC(=O)c1cccc(OCCOc2ccc(F)cc2)c1. The van der Waals surface area contributed by atoms with E-state index in [1.54, 1.807) is 43.3 Å². The van der Waals surface area contributed by atoms with E-state index in [2.05, 4.69) is 5.32 Å². The van der Waals surface area contributed by atoms with Crippen LogP contribution in [0, 0.1) is 5.82 Å². The number of hydrogen-bond donors (Lipinski definition) is 2. The Morgan fingerprint density at radius 2 is 1.79 bits per heavy atom. The summed E-state index contributed by atoms with van der Waals surface area (Å²) in [5.41, 5.74) is 0.451. The number of amides is 1. The highest BCUT2D eigenvalue weighted by molar-refractivity contribution is 5.94. The Balaban J connectivity index is 1.79. The number of ether oxygens (including phenoxy) is 2. The molecular formula is C18H20FNO4. The summed E-state index contributed by atoms with van der Waals surface area (Å²) < 4.78 is 23.7. The maximum atomic E-state index is 12.8. The van der Waals surface area contributed by atoms with Crippen LogP contribution in [0.2, 0.25) is 0 Å². The van der Waals surface area contributed by atoms with Gasteiger partial charge in [0.2, 0.25) is 0 Å². The molecule has 6 heteroatoms. The number of rotatable bonds is 8. The molecule has 128 valence electrons. The highest BCUT2D eigenvalue weighted by Crippen LogP contribution is 2.14. The number of benzene rings is 2. The van der Waals surface area contributed by atoms with Crippen molar-refractivity contribution in [3.05, 3.63) is 59.9 Å². The number of aliphatic hydroxyl groups excluding tert-OH is 1. The predicted octanol–water partition coefficient (Wildman–Crippen LogP) is 2.39. The Hall–Kier alpha value is -2.60. The van der Waals surface area contributed by atoms with Gasteiger partial charge in [0.05, 0.1) is 6.10 Å². The molecule has 1 unspecified atom stereocenters. The highest BCUT2D eigenvalue weighted by Gasteiger charge is 2.07. The average Bonchev–Trinajstić information content (AvgIpc) is 2.58. The fourth-order valence-corrected chi connectivity index (χ4v) is 1.92. The van der Waals surface area contributed by atoms with Gasteiger partial charge in [-0.1, -0.05) is 6.07 Å². The van der Waals surface area contributed by atoms with Crippen LogP contribution >= 0.6 is 0 Å². The lowest BCUT2D eigenvalue weighted by molar-refractivity contribution is 0.0923. The molecule has 0 saturated carbocycles. The average molecular weight is 333 g/mol. The fourth-order valence-electron chi connectivity index (χ4n) is 1.92. The second-order valence-corrected chi connectivity index (χ2v) is 5.24. The topological polar surface area (TPSA) is 67.8 Å². The first kappa shape index (κ1) is 17.7. The van der Waals surface area contributed by atoms with Gasteiger partial charge in [-0.05, 0) is 49.4 Å². The molecule has 2 aromatic rings. The summed E-state index contributed by atoms with van der Waals surface area (Å²) in [5, 5.41) is 11.8. The molecule has 2 rings (SSSR count). The number of carbonyl (C=O) groups excluding carboxylic acids is 1. The van der Waals surface area contributed by atoms with Gasteiger partial charge in [-0.25, -0.2) is 4.39 Å². The second kappa shape index (κ2) is 8.88. The highest BCUT2D eigenvalue weighted by atomic mass is 19.1.